The second-order valence-electron chi connectivity index (χ2n) is 8.30. The molecule has 1 saturated carbocycles. The maximum atomic E-state index is 12.3. The van der Waals surface area contributed by atoms with Crippen molar-refractivity contribution in [2.75, 3.05) is 26.3 Å². The van der Waals surface area contributed by atoms with Crippen LogP contribution < -0.4 is 0 Å². The van der Waals surface area contributed by atoms with E-state index in [-0.39, 0.29) is 30.3 Å². The molecule has 0 aromatic carbocycles. The third kappa shape index (κ3) is 4.68. The summed E-state index contributed by atoms with van der Waals surface area (Å²) in [7, 11) is 0. The van der Waals surface area contributed by atoms with Crippen LogP contribution in [0, 0.1) is 6.92 Å². The molecule has 2 aliphatic heterocycles. The predicted molar refractivity (Wildman–Crippen MR) is 100 cm³/mol. The molecule has 0 N–H and O–H groups in total. The molecule has 1 aromatic heterocycles. The lowest BCUT2D eigenvalue weighted by Crippen LogP contribution is -2.67. The normalized spacial score (nSPS) is 24.9. The Morgan fingerprint density at radius 3 is 2.81 bits per heavy atom. The van der Waals surface area contributed by atoms with Crippen LogP contribution in [-0.4, -0.2) is 59.9 Å². The number of ether oxygens (including phenoxy) is 3. The maximum Gasteiger partial charge on any atom is 0.248 e. The van der Waals surface area contributed by atoms with Crippen LogP contribution in [0.1, 0.15) is 49.7 Å². The number of hydrogen-bond donors (Lipinski definition) is 0. The molecule has 1 spiro atoms. The van der Waals surface area contributed by atoms with E-state index in [1.807, 2.05) is 24.2 Å². The van der Waals surface area contributed by atoms with Crippen molar-refractivity contribution in [2.45, 2.75) is 69.9 Å². The molecule has 2 saturated heterocycles. The van der Waals surface area contributed by atoms with E-state index >= 15 is 0 Å². The molecule has 6 heteroatoms. The quantitative estimate of drug-likeness (QED) is 0.766. The fraction of sp³-hybridized carbons (Fsp3) is 0.714. The molecule has 0 radical (unpaired) electrons. The highest BCUT2D eigenvalue weighted by molar-refractivity contribution is 5.78. The van der Waals surface area contributed by atoms with Crippen molar-refractivity contribution in [3.8, 4) is 0 Å². The van der Waals surface area contributed by atoms with E-state index in [1.165, 1.54) is 12.8 Å². The molecule has 3 fully saturated rings. The standard InChI is InChI=1S/C21H30N2O4/c1-16-8-17(11-22-10-16)12-25-19-6-7-27-21(9-19)14-23(15-21)20(24)13-26-18-4-2-3-5-18/h8,10-11,18-19H,2-7,9,12-15H2,1H3/t19-/m1/s1. The number of pyridine rings is 1. The summed E-state index contributed by atoms with van der Waals surface area (Å²) in [4.78, 5) is 18.4. The molecule has 4 rings (SSSR count). The highest BCUT2D eigenvalue weighted by atomic mass is 16.5. The number of likely N-dealkylation sites (tertiary alicyclic amines) is 1. The van der Waals surface area contributed by atoms with Gasteiger partial charge in [-0.15, -0.1) is 0 Å². The van der Waals surface area contributed by atoms with Crippen LogP contribution in [0.15, 0.2) is 18.5 Å². The van der Waals surface area contributed by atoms with Gasteiger partial charge in [0.1, 0.15) is 12.2 Å². The van der Waals surface area contributed by atoms with E-state index in [0.717, 1.165) is 36.8 Å². The lowest BCUT2D eigenvalue weighted by Gasteiger charge is -2.53. The van der Waals surface area contributed by atoms with E-state index in [9.17, 15) is 4.79 Å². The minimum atomic E-state index is -0.225. The molecule has 0 bridgehead atoms. The Bertz CT molecular complexity index is 653. The number of nitrogens with zero attached hydrogens (tertiary/aromatic N) is 2. The maximum absolute atomic E-state index is 12.3. The van der Waals surface area contributed by atoms with Crippen molar-refractivity contribution >= 4 is 5.91 Å². The zero-order valence-corrected chi connectivity index (χ0v) is 16.2. The zero-order chi connectivity index (χ0) is 18.7. The number of carbonyl (C=O) groups excluding carboxylic acids is 1. The molecule has 1 amide bonds. The summed E-state index contributed by atoms with van der Waals surface area (Å²) < 4.78 is 17.9. The molecule has 1 atom stereocenters. The van der Waals surface area contributed by atoms with E-state index in [2.05, 4.69) is 11.1 Å². The summed E-state index contributed by atoms with van der Waals surface area (Å²) in [5.41, 5.74) is 2.02. The molecule has 27 heavy (non-hydrogen) atoms. The molecule has 1 aromatic rings. The van der Waals surface area contributed by atoms with Gasteiger partial charge >= 0.3 is 0 Å². The van der Waals surface area contributed by atoms with Gasteiger partial charge in [0.25, 0.3) is 0 Å². The Morgan fingerprint density at radius 1 is 1.22 bits per heavy atom. The Labute approximate surface area is 161 Å². The van der Waals surface area contributed by atoms with Gasteiger partial charge in [-0.1, -0.05) is 18.9 Å². The molecule has 1 aliphatic carbocycles. The lowest BCUT2D eigenvalue weighted by atomic mass is 9.84. The number of rotatable bonds is 6. The Kier molecular flexibility index (Phi) is 5.76. The Hall–Kier alpha value is -1.50. The second kappa shape index (κ2) is 8.25. The van der Waals surface area contributed by atoms with Crippen molar-refractivity contribution in [2.24, 2.45) is 0 Å². The minimum Gasteiger partial charge on any atom is -0.373 e. The molecule has 6 nitrogen and oxygen atoms in total. The van der Waals surface area contributed by atoms with Crippen LogP contribution in [0.5, 0.6) is 0 Å². The summed E-state index contributed by atoms with van der Waals surface area (Å²) in [6, 6.07) is 2.11. The van der Waals surface area contributed by atoms with Crippen molar-refractivity contribution < 1.29 is 19.0 Å². The Balaban J connectivity index is 1.21. The van der Waals surface area contributed by atoms with E-state index in [4.69, 9.17) is 14.2 Å². The smallest absolute Gasteiger partial charge is 0.248 e. The highest BCUT2D eigenvalue weighted by Gasteiger charge is 2.49. The summed E-state index contributed by atoms with van der Waals surface area (Å²) in [5, 5.41) is 0. The van der Waals surface area contributed by atoms with E-state index in [1.54, 1.807) is 0 Å². The Morgan fingerprint density at radius 2 is 2.04 bits per heavy atom. The third-order valence-electron chi connectivity index (χ3n) is 5.92. The van der Waals surface area contributed by atoms with Gasteiger partial charge in [-0.2, -0.15) is 0 Å². The number of aryl methyl sites for hydroxylation is 1. The predicted octanol–water partition coefficient (Wildman–Crippen LogP) is 2.63. The van der Waals surface area contributed by atoms with Crippen molar-refractivity contribution in [1.29, 1.82) is 0 Å². The SMILES string of the molecule is Cc1cncc(CO[C@@H]2CCOC3(C2)CN(C(=O)COC2CCCC2)C3)c1. The molecular formula is C21H30N2O4. The number of aromatic nitrogens is 1. The first-order valence-electron chi connectivity index (χ1n) is 10.2. The van der Waals surface area contributed by atoms with Gasteiger partial charge in [0, 0.05) is 25.4 Å². The van der Waals surface area contributed by atoms with Gasteiger partial charge in [-0.25, -0.2) is 0 Å². The van der Waals surface area contributed by atoms with Gasteiger partial charge in [-0.05, 0) is 37.3 Å². The highest BCUT2D eigenvalue weighted by Crippen LogP contribution is 2.35. The van der Waals surface area contributed by atoms with Gasteiger partial charge in [0.15, 0.2) is 0 Å². The lowest BCUT2D eigenvalue weighted by molar-refractivity contribution is -0.204. The zero-order valence-electron chi connectivity index (χ0n) is 16.2. The number of carbonyl (C=O) groups is 1. The van der Waals surface area contributed by atoms with E-state index < -0.39 is 0 Å². The van der Waals surface area contributed by atoms with Crippen molar-refractivity contribution in [3.63, 3.8) is 0 Å². The van der Waals surface area contributed by atoms with Crippen LogP contribution in [0.3, 0.4) is 0 Å². The van der Waals surface area contributed by atoms with Crippen molar-refractivity contribution in [1.82, 2.24) is 9.88 Å². The monoisotopic (exact) mass is 374 g/mol. The average molecular weight is 374 g/mol. The van der Waals surface area contributed by atoms with Crippen molar-refractivity contribution in [3.05, 3.63) is 29.6 Å². The second-order valence-corrected chi connectivity index (χ2v) is 8.30. The van der Waals surface area contributed by atoms with Crippen LogP contribution in [0.2, 0.25) is 0 Å². The van der Waals surface area contributed by atoms with Gasteiger partial charge in [0.05, 0.1) is 31.9 Å². The third-order valence-corrected chi connectivity index (χ3v) is 5.92. The summed E-state index contributed by atoms with van der Waals surface area (Å²) in [6.45, 7) is 4.83. The summed E-state index contributed by atoms with van der Waals surface area (Å²) in [5.74, 6) is 0.0880. The van der Waals surface area contributed by atoms with Crippen LogP contribution >= 0.6 is 0 Å². The summed E-state index contributed by atoms with van der Waals surface area (Å²) >= 11 is 0. The first-order valence-corrected chi connectivity index (χ1v) is 10.2. The first-order chi connectivity index (χ1) is 13.1. The number of hydrogen-bond acceptors (Lipinski definition) is 5. The molecular weight excluding hydrogens is 344 g/mol. The number of amides is 1. The van der Waals surface area contributed by atoms with Crippen LogP contribution in [0.25, 0.3) is 0 Å². The topological polar surface area (TPSA) is 60.9 Å². The average Bonchev–Trinajstić information content (AvgIpc) is 3.16. The first kappa shape index (κ1) is 18.8. The molecule has 0 unspecified atom stereocenters. The molecule has 3 aliphatic rings. The van der Waals surface area contributed by atoms with Gasteiger partial charge < -0.3 is 19.1 Å². The fourth-order valence-electron chi connectivity index (χ4n) is 4.42. The molecule has 3 heterocycles. The van der Waals surface area contributed by atoms with Crippen LogP contribution in [0.4, 0.5) is 0 Å². The minimum absolute atomic E-state index is 0.0880. The van der Waals surface area contributed by atoms with Gasteiger partial charge in [0.2, 0.25) is 5.91 Å². The summed E-state index contributed by atoms with van der Waals surface area (Å²) in [6.07, 6.45) is 10.5. The van der Waals surface area contributed by atoms with Gasteiger partial charge in [-0.3, -0.25) is 9.78 Å². The largest absolute Gasteiger partial charge is 0.373 e. The van der Waals surface area contributed by atoms with E-state index in [0.29, 0.717) is 26.3 Å². The van der Waals surface area contributed by atoms with Crippen LogP contribution in [-0.2, 0) is 25.6 Å². The fourth-order valence-corrected chi connectivity index (χ4v) is 4.42. The molecule has 148 valence electrons.